The fourth-order valence-electron chi connectivity index (χ4n) is 13.4. The van der Waals surface area contributed by atoms with Crippen LogP contribution in [0, 0.1) is 5.92 Å². The van der Waals surface area contributed by atoms with E-state index in [1.807, 2.05) is 58.3 Å². The number of carbonyl (C=O) groups excluding carboxylic acids is 4. The van der Waals surface area contributed by atoms with Crippen LogP contribution in [-0.4, -0.2) is 189 Å². The largest absolute Gasteiger partial charge is 0.508 e. The van der Waals surface area contributed by atoms with E-state index in [0.29, 0.717) is 84.9 Å². The molecule has 2 aromatic heterocycles. The number of alkyl carbamates (subject to hydrolysis) is 1. The third-order valence-electron chi connectivity index (χ3n) is 18.1. The first-order valence-electron chi connectivity index (χ1n) is 32.2. The molecule has 3 saturated heterocycles. The molecule has 11 rings (SSSR count). The lowest BCUT2D eigenvalue weighted by Crippen LogP contribution is -2.54. The molecule has 0 bridgehead atoms. The molecule has 4 fully saturated rings. The van der Waals surface area contributed by atoms with Gasteiger partial charge in [0.15, 0.2) is 6.10 Å². The maximum absolute atomic E-state index is 14.5. The van der Waals surface area contributed by atoms with Gasteiger partial charge in [0.1, 0.15) is 41.1 Å². The van der Waals surface area contributed by atoms with Gasteiger partial charge in [-0.25, -0.2) is 9.78 Å². The number of anilines is 2. The number of hydrogen-bond donors (Lipinski definition) is 3. The zero-order chi connectivity index (χ0) is 62.5. The first-order chi connectivity index (χ1) is 43.9. The molecule has 21 nitrogen and oxygen atoms in total. The average Bonchev–Trinajstić information content (AvgIpc) is 1.46. The summed E-state index contributed by atoms with van der Waals surface area (Å²) in [5, 5.41) is 23.0. The van der Waals surface area contributed by atoms with Gasteiger partial charge in [-0.1, -0.05) is 74.4 Å². The Morgan fingerprint density at radius 2 is 1.50 bits per heavy atom. The standard InChI is InChI=1S/C68H86N10O11S/c1-5-61(80)75-30-32-76(33-31-75)63-55-25-29-77(59-41-49(79)40-48-16-9-10-17-51(48)59)43-56(55)71-67(73-63)88-45(2)42-74-27-23-50(24-28-74)86-38-36-84-34-35-85-37-39-87-60-22-21-53(52-18-11-12-19-54(52)60)57-44-90-65(70-57)58-20-13-26-78(58)66(82)62(47-14-7-6-8-15-47)72-64(81)46(3)89-68(83)69-4/h5,9-12,16-19,21-22,40-41,44-47,50,58,62,79H,1,6-8,13-15,20,23-39,42-43H2,2-4H3,(H,69,83)(H,72,81)/t45?,46?,58-,62?/m0/s1. The summed E-state index contributed by atoms with van der Waals surface area (Å²) < 4.78 is 36.1. The molecule has 22 heteroatoms. The van der Waals surface area contributed by atoms with Crippen molar-refractivity contribution in [3.63, 3.8) is 0 Å². The van der Waals surface area contributed by atoms with E-state index in [1.165, 1.54) is 20.0 Å². The van der Waals surface area contributed by atoms with Gasteiger partial charge in [-0.2, -0.15) is 9.97 Å². The van der Waals surface area contributed by atoms with Crippen LogP contribution in [-0.2, 0) is 46.3 Å². The van der Waals surface area contributed by atoms with Crippen LogP contribution in [0.1, 0.15) is 93.9 Å². The average molecular weight is 1250 g/mol. The van der Waals surface area contributed by atoms with Crippen molar-refractivity contribution in [3.8, 4) is 28.8 Å². The first-order valence-corrected chi connectivity index (χ1v) is 33.1. The van der Waals surface area contributed by atoms with Crippen LogP contribution >= 0.6 is 11.3 Å². The Hall–Kier alpha value is -7.63. The van der Waals surface area contributed by atoms with Crippen LogP contribution in [0.5, 0.6) is 17.5 Å². The van der Waals surface area contributed by atoms with Gasteiger partial charge in [0.2, 0.25) is 11.8 Å². The van der Waals surface area contributed by atoms with Gasteiger partial charge in [0, 0.05) is 105 Å². The van der Waals surface area contributed by atoms with E-state index in [0.717, 1.165) is 157 Å². The van der Waals surface area contributed by atoms with Crippen molar-refractivity contribution in [1.82, 2.24) is 40.3 Å². The number of phenols is 1. The summed E-state index contributed by atoms with van der Waals surface area (Å²) in [6.45, 7) is 16.7. The molecular formula is C68H86N10O11S. The molecule has 4 aliphatic heterocycles. The molecule has 1 aliphatic carbocycles. The lowest BCUT2D eigenvalue weighted by molar-refractivity contribution is -0.141. The Kier molecular flexibility index (Phi) is 21.6. The van der Waals surface area contributed by atoms with Crippen molar-refractivity contribution in [1.29, 1.82) is 0 Å². The number of piperazine rings is 1. The number of likely N-dealkylation sites (tertiary alicyclic amines) is 2. The summed E-state index contributed by atoms with van der Waals surface area (Å²) in [4.78, 5) is 78.1. The van der Waals surface area contributed by atoms with Crippen molar-refractivity contribution in [2.75, 3.05) is 115 Å². The topological polar surface area (TPSA) is 223 Å². The minimum absolute atomic E-state index is 0.00238. The Morgan fingerprint density at radius 3 is 2.27 bits per heavy atom. The molecule has 4 amide bonds. The van der Waals surface area contributed by atoms with Gasteiger partial charge in [0.25, 0.3) is 5.91 Å². The molecule has 90 heavy (non-hydrogen) atoms. The number of rotatable bonds is 25. The van der Waals surface area contributed by atoms with E-state index in [9.17, 15) is 24.3 Å². The fourth-order valence-corrected chi connectivity index (χ4v) is 14.4. The van der Waals surface area contributed by atoms with Gasteiger partial charge in [-0.15, -0.1) is 11.3 Å². The van der Waals surface area contributed by atoms with Crippen molar-refractivity contribution in [2.45, 2.75) is 115 Å². The smallest absolute Gasteiger partial charge is 0.407 e. The number of hydrogen-bond acceptors (Lipinski definition) is 18. The third kappa shape index (κ3) is 15.6. The van der Waals surface area contributed by atoms with E-state index in [2.05, 4.69) is 62.4 Å². The second-order valence-corrected chi connectivity index (χ2v) is 25.0. The highest BCUT2D eigenvalue weighted by Gasteiger charge is 2.41. The maximum atomic E-state index is 14.5. The van der Waals surface area contributed by atoms with E-state index >= 15 is 0 Å². The quantitative estimate of drug-likeness (QED) is 0.0360. The highest BCUT2D eigenvalue weighted by atomic mass is 32.1. The number of carbonyl (C=O) groups is 4. The van der Waals surface area contributed by atoms with Gasteiger partial charge in [-0.05, 0) is 99.8 Å². The number of amides is 4. The minimum Gasteiger partial charge on any atom is -0.508 e. The number of thiazole rings is 1. The molecule has 4 atom stereocenters. The Bertz CT molecular complexity index is 3460. The lowest BCUT2D eigenvalue weighted by atomic mass is 9.83. The molecule has 0 radical (unpaired) electrons. The number of piperidine rings is 1. The Labute approximate surface area is 531 Å². The second-order valence-electron chi connectivity index (χ2n) is 24.1. The number of nitrogens with one attached hydrogen (secondary N) is 2. The molecule has 480 valence electrons. The molecule has 3 unspecified atom stereocenters. The fraction of sp³-hybridized carbons (Fsp3) is 0.515. The van der Waals surface area contributed by atoms with Crippen molar-refractivity contribution < 1.29 is 52.7 Å². The predicted octanol–water partition coefficient (Wildman–Crippen LogP) is 8.84. The SMILES string of the molecule is C=CC(=O)N1CCN(c2nc(OC(C)CN3CCC(OCCOCCOCCOc4ccc(-c5csc([C@@H]6CCCN6C(=O)C(NC(=O)C(C)OC(=O)NC)C6CCCCC6)n5)c5ccccc45)CC3)nc3c2CCN(c2cc(O)cc4ccccc24)C3)CC1. The summed E-state index contributed by atoms with van der Waals surface area (Å²) >= 11 is 1.55. The predicted molar refractivity (Wildman–Crippen MR) is 346 cm³/mol. The first kappa shape index (κ1) is 63.9. The zero-order valence-corrected chi connectivity index (χ0v) is 53.0. The zero-order valence-electron chi connectivity index (χ0n) is 52.2. The van der Waals surface area contributed by atoms with E-state index < -0.39 is 24.1 Å². The van der Waals surface area contributed by atoms with Crippen LogP contribution in [0.2, 0.25) is 0 Å². The van der Waals surface area contributed by atoms with Crippen LogP contribution in [0.25, 0.3) is 32.8 Å². The van der Waals surface area contributed by atoms with E-state index in [4.69, 9.17) is 43.4 Å². The van der Waals surface area contributed by atoms with Crippen LogP contribution in [0.3, 0.4) is 0 Å². The summed E-state index contributed by atoms with van der Waals surface area (Å²) in [5.41, 5.74) is 4.78. The summed E-state index contributed by atoms with van der Waals surface area (Å²) in [6.07, 6.45) is 8.58. The van der Waals surface area contributed by atoms with Gasteiger partial charge in [0.05, 0.1) is 63.1 Å². The Morgan fingerprint density at radius 1 is 0.767 bits per heavy atom. The minimum atomic E-state index is -1.05. The monoisotopic (exact) mass is 1250 g/mol. The number of nitrogens with zero attached hydrogens (tertiary/aromatic N) is 8. The number of phenolic OH excluding ortho intramolecular Hbond substituents is 1. The molecule has 0 spiro atoms. The highest BCUT2D eigenvalue weighted by Crippen LogP contribution is 2.41. The number of benzene rings is 4. The molecule has 1 saturated carbocycles. The van der Waals surface area contributed by atoms with Gasteiger partial charge in [-0.3, -0.25) is 19.3 Å². The lowest BCUT2D eigenvalue weighted by Gasteiger charge is -2.38. The van der Waals surface area contributed by atoms with Crippen LogP contribution in [0.15, 0.2) is 90.8 Å². The summed E-state index contributed by atoms with van der Waals surface area (Å²) in [6, 6.07) is 23.3. The second kappa shape index (κ2) is 30.5. The van der Waals surface area contributed by atoms with Gasteiger partial charge >= 0.3 is 12.1 Å². The van der Waals surface area contributed by atoms with Crippen molar-refractivity contribution in [2.24, 2.45) is 5.92 Å². The normalized spacial score (nSPS) is 18.7. The number of fused-ring (bicyclic) bond motifs is 3. The molecular weight excluding hydrogens is 1160 g/mol. The van der Waals surface area contributed by atoms with Crippen molar-refractivity contribution >= 4 is 68.2 Å². The Balaban J connectivity index is 0.600. The molecule has 6 aromatic rings. The van der Waals surface area contributed by atoms with E-state index in [-0.39, 0.29) is 41.7 Å². The maximum Gasteiger partial charge on any atom is 0.407 e. The van der Waals surface area contributed by atoms with Crippen LogP contribution in [0.4, 0.5) is 16.3 Å². The van der Waals surface area contributed by atoms with Crippen LogP contribution < -0.4 is 29.9 Å². The number of aromatic hydroxyl groups is 1. The molecule has 3 N–H and O–H groups in total. The third-order valence-corrected chi connectivity index (χ3v) is 19.0. The molecule has 6 heterocycles. The highest BCUT2D eigenvalue weighted by molar-refractivity contribution is 7.10. The van der Waals surface area contributed by atoms with E-state index in [1.54, 1.807) is 17.4 Å². The van der Waals surface area contributed by atoms with Crippen molar-refractivity contribution in [3.05, 3.63) is 107 Å². The van der Waals surface area contributed by atoms with Gasteiger partial charge < -0.3 is 63.8 Å². The molecule has 4 aromatic carbocycles. The number of aromatic nitrogens is 3. The molecule has 5 aliphatic rings. The number of ether oxygens (including phenoxy) is 6. The summed E-state index contributed by atoms with van der Waals surface area (Å²) in [7, 11) is 1.44. The summed E-state index contributed by atoms with van der Waals surface area (Å²) in [5.74, 6) is 1.20.